The SMILES string of the molecule is CCNCC1CCCc2sc(C3CC3)nc21. The standard InChI is InChI=1S/C13H20N2S/c1-2-14-8-10-4-3-5-11-12(10)15-13(16-11)9-6-7-9/h9-10,14H,2-8H2,1H3. The number of nitrogens with zero attached hydrogens (tertiary/aromatic N) is 1. The lowest BCUT2D eigenvalue weighted by Crippen LogP contribution is -2.24. The van der Waals surface area contributed by atoms with Crippen LogP contribution in [0.3, 0.4) is 0 Å². The lowest BCUT2D eigenvalue weighted by Gasteiger charge is -2.21. The minimum atomic E-state index is 0.687. The van der Waals surface area contributed by atoms with Crippen LogP contribution >= 0.6 is 11.3 Å². The molecule has 1 heterocycles. The van der Waals surface area contributed by atoms with Crippen LogP contribution < -0.4 is 5.32 Å². The molecule has 1 unspecified atom stereocenters. The third-order valence-electron chi connectivity index (χ3n) is 3.65. The number of hydrogen-bond acceptors (Lipinski definition) is 3. The van der Waals surface area contributed by atoms with E-state index in [1.54, 1.807) is 4.88 Å². The van der Waals surface area contributed by atoms with Crippen LogP contribution in [0.1, 0.15) is 60.0 Å². The lowest BCUT2D eigenvalue weighted by molar-refractivity contribution is 0.508. The van der Waals surface area contributed by atoms with Crippen molar-refractivity contribution in [3.63, 3.8) is 0 Å². The molecule has 1 N–H and O–H groups in total. The Labute approximate surface area is 101 Å². The van der Waals surface area contributed by atoms with Crippen LogP contribution in [0.25, 0.3) is 0 Å². The predicted molar refractivity (Wildman–Crippen MR) is 68.3 cm³/mol. The van der Waals surface area contributed by atoms with Crippen molar-refractivity contribution in [2.45, 2.75) is 50.9 Å². The molecule has 1 aromatic heterocycles. The van der Waals surface area contributed by atoms with Gasteiger partial charge in [0, 0.05) is 23.3 Å². The van der Waals surface area contributed by atoms with E-state index in [9.17, 15) is 0 Å². The van der Waals surface area contributed by atoms with Crippen LogP contribution in [-0.2, 0) is 6.42 Å². The summed E-state index contributed by atoms with van der Waals surface area (Å²) in [5.41, 5.74) is 1.44. The Morgan fingerprint density at radius 3 is 3.00 bits per heavy atom. The normalized spacial score (nSPS) is 24.4. The number of rotatable bonds is 4. The third kappa shape index (κ3) is 2.03. The molecule has 0 aliphatic heterocycles. The molecule has 1 fully saturated rings. The van der Waals surface area contributed by atoms with Gasteiger partial charge in [0.2, 0.25) is 0 Å². The fourth-order valence-corrected chi connectivity index (χ4v) is 3.91. The van der Waals surface area contributed by atoms with Crippen molar-refractivity contribution in [3.8, 4) is 0 Å². The topological polar surface area (TPSA) is 24.9 Å². The van der Waals surface area contributed by atoms with E-state index in [1.165, 1.54) is 42.8 Å². The first kappa shape index (κ1) is 10.7. The molecule has 0 spiro atoms. The highest BCUT2D eigenvalue weighted by molar-refractivity contribution is 7.11. The number of thiazole rings is 1. The minimum Gasteiger partial charge on any atom is -0.316 e. The van der Waals surface area contributed by atoms with Gasteiger partial charge in [-0.2, -0.15) is 0 Å². The first-order valence-corrected chi connectivity index (χ1v) is 7.40. The van der Waals surface area contributed by atoms with Gasteiger partial charge in [0.25, 0.3) is 0 Å². The first-order valence-electron chi connectivity index (χ1n) is 6.58. The van der Waals surface area contributed by atoms with Crippen molar-refractivity contribution in [2.75, 3.05) is 13.1 Å². The highest BCUT2D eigenvalue weighted by atomic mass is 32.1. The van der Waals surface area contributed by atoms with Crippen LogP contribution in [-0.4, -0.2) is 18.1 Å². The van der Waals surface area contributed by atoms with E-state index in [1.807, 2.05) is 11.3 Å². The van der Waals surface area contributed by atoms with Crippen LogP contribution in [0.2, 0.25) is 0 Å². The average Bonchev–Trinajstić information content (AvgIpc) is 3.06. The molecule has 1 atom stereocenters. The van der Waals surface area contributed by atoms with Crippen molar-refractivity contribution in [1.82, 2.24) is 10.3 Å². The zero-order valence-corrected chi connectivity index (χ0v) is 10.8. The molecule has 2 nitrogen and oxygen atoms in total. The monoisotopic (exact) mass is 236 g/mol. The molecule has 3 rings (SSSR count). The Morgan fingerprint density at radius 2 is 2.25 bits per heavy atom. The van der Waals surface area contributed by atoms with Gasteiger partial charge < -0.3 is 5.32 Å². The lowest BCUT2D eigenvalue weighted by atomic mass is 9.91. The maximum Gasteiger partial charge on any atom is 0.0962 e. The Kier molecular flexibility index (Phi) is 2.99. The summed E-state index contributed by atoms with van der Waals surface area (Å²) >= 11 is 2.00. The molecular weight excluding hydrogens is 216 g/mol. The fraction of sp³-hybridized carbons (Fsp3) is 0.769. The van der Waals surface area contributed by atoms with Crippen molar-refractivity contribution in [1.29, 1.82) is 0 Å². The van der Waals surface area contributed by atoms with E-state index >= 15 is 0 Å². The number of hydrogen-bond donors (Lipinski definition) is 1. The minimum absolute atomic E-state index is 0.687. The number of nitrogens with one attached hydrogen (secondary N) is 1. The summed E-state index contributed by atoms with van der Waals surface area (Å²) in [7, 11) is 0. The van der Waals surface area contributed by atoms with Gasteiger partial charge in [-0.15, -0.1) is 11.3 Å². The van der Waals surface area contributed by atoms with Crippen molar-refractivity contribution in [3.05, 3.63) is 15.6 Å². The number of aromatic nitrogens is 1. The summed E-state index contributed by atoms with van der Waals surface area (Å²) in [5, 5.41) is 4.92. The van der Waals surface area contributed by atoms with Crippen LogP contribution in [0.5, 0.6) is 0 Å². The van der Waals surface area contributed by atoms with Gasteiger partial charge in [-0.05, 0) is 38.6 Å². The molecule has 1 saturated carbocycles. The van der Waals surface area contributed by atoms with E-state index in [0.29, 0.717) is 5.92 Å². The summed E-state index contributed by atoms with van der Waals surface area (Å²) in [5.74, 6) is 1.52. The molecule has 0 amide bonds. The molecule has 2 aliphatic carbocycles. The Bertz CT molecular complexity index is 368. The van der Waals surface area contributed by atoms with Crippen LogP contribution in [0, 0.1) is 0 Å². The quantitative estimate of drug-likeness (QED) is 0.869. The Hall–Kier alpha value is -0.410. The molecule has 3 heteroatoms. The molecule has 0 bridgehead atoms. The van der Waals surface area contributed by atoms with Gasteiger partial charge in [-0.25, -0.2) is 4.98 Å². The van der Waals surface area contributed by atoms with Crippen LogP contribution in [0.4, 0.5) is 0 Å². The Morgan fingerprint density at radius 1 is 1.38 bits per heavy atom. The van der Waals surface area contributed by atoms with Gasteiger partial charge in [-0.1, -0.05) is 6.92 Å². The summed E-state index contributed by atoms with van der Waals surface area (Å²) in [6.07, 6.45) is 6.72. The molecule has 0 radical (unpaired) electrons. The highest BCUT2D eigenvalue weighted by Crippen LogP contribution is 2.45. The summed E-state index contributed by atoms with van der Waals surface area (Å²) < 4.78 is 0. The molecule has 1 aromatic rings. The molecule has 2 aliphatic rings. The molecular formula is C13H20N2S. The van der Waals surface area contributed by atoms with E-state index in [0.717, 1.165) is 19.0 Å². The summed E-state index contributed by atoms with van der Waals surface area (Å²) in [6, 6.07) is 0. The van der Waals surface area contributed by atoms with Gasteiger partial charge in [0.1, 0.15) is 0 Å². The largest absolute Gasteiger partial charge is 0.316 e. The van der Waals surface area contributed by atoms with E-state index in [-0.39, 0.29) is 0 Å². The van der Waals surface area contributed by atoms with E-state index < -0.39 is 0 Å². The van der Waals surface area contributed by atoms with Crippen molar-refractivity contribution in [2.24, 2.45) is 0 Å². The number of likely N-dealkylation sites (N-methyl/N-ethyl adjacent to an activating group) is 1. The number of aryl methyl sites for hydroxylation is 1. The molecule has 0 saturated heterocycles. The molecule has 16 heavy (non-hydrogen) atoms. The van der Waals surface area contributed by atoms with Gasteiger partial charge in [-0.3, -0.25) is 0 Å². The van der Waals surface area contributed by atoms with Crippen molar-refractivity contribution >= 4 is 11.3 Å². The third-order valence-corrected chi connectivity index (χ3v) is 4.95. The molecule has 0 aromatic carbocycles. The number of fused-ring (bicyclic) bond motifs is 1. The first-order chi connectivity index (χ1) is 7.88. The highest BCUT2D eigenvalue weighted by Gasteiger charge is 2.31. The van der Waals surface area contributed by atoms with Gasteiger partial charge in [0.15, 0.2) is 0 Å². The Balaban J connectivity index is 1.80. The smallest absolute Gasteiger partial charge is 0.0962 e. The predicted octanol–water partition coefficient (Wildman–Crippen LogP) is 3.05. The zero-order valence-electron chi connectivity index (χ0n) is 9.96. The van der Waals surface area contributed by atoms with E-state index in [2.05, 4.69) is 12.2 Å². The second-order valence-corrected chi connectivity index (χ2v) is 6.15. The molecule has 88 valence electrons. The van der Waals surface area contributed by atoms with Gasteiger partial charge in [0.05, 0.1) is 10.7 Å². The average molecular weight is 236 g/mol. The second-order valence-electron chi connectivity index (χ2n) is 5.03. The maximum atomic E-state index is 4.93. The maximum absolute atomic E-state index is 4.93. The summed E-state index contributed by atoms with van der Waals surface area (Å²) in [4.78, 5) is 6.52. The van der Waals surface area contributed by atoms with Gasteiger partial charge >= 0.3 is 0 Å². The van der Waals surface area contributed by atoms with E-state index in [4.69, 9.17) is 4.98 Å². The summed E-state index contributed by atoms with van der Waals surface area (Å²) in [6.45, 7) is 4.38. The zero-order chi connectivity index (χ0) is 11.0. The fourth-order valence-electron chi connectivity index (χ4n) is 2.55. The van der Waals surface area contributed by atoms with Crippen LogP contribution in [0.15, 0.2) is 0 Å². The van der Waals surface area contributed by atoms with Crippen molar-refractivity contribution < 1.29 is 0 Å². The second kappa shape index (κ2) is 4.46.